The second kappa shape index (κ2) is 59.5. The van der Waals surface area contributed by atoms with E-state index in [1.165, 1.54) is 129 Å². The van der Waals surface area contributed by atoms with E-state index in [9.17, 15) is 117 Å². The Kier molecular flexibility index (Phi) is 51.9. The van der Waals surface area contributed by atoms with Crippen LogP contribution in [0.2, 0.25) is 0 Å². The third kappa shape index (κ3) is 33.8. The van der Waals surface area contributed by atoms with E-state index in [1.807, 2.05) is 6.08 Å². The topological polar surface area (TPSA) is 621 Å². The van der Waals surface area contributed by atoms with Crippen LogP contribution < -0.4 is 16.0 Å². The fourth-order valence-corrected chi connectivity index (χ4v) is 17.3. The predicted molar refractivity (Wildman–Crippen MR) is 453 cm³/mol. The van der Waals surface area contributed by atoms with Gasteiger partial charge in [-0.05, 0) is 51.9 Å². The van der Waals surface area contributed by atoms with Gasteiger partial charge in [0, 0.05) is 20.3 Å². The van der Waals surface area contributed by atoms with Gasteiger partial charge < -0.3 is 184 Å². The monoisotopic (exact) mass is 1850 g/mol. The van der Waals surface area contributed by atoms with Crippen LogP contribution in [0, 0.1) is 0 Å². The van der Waals surface area contributed by atoms with Gasteiger partial charge >= 0.3 is 0 Å². The van der Waals surface area contributed by atoms with Crippen molar-refractivity contribution in [1.29, 1.82) is 0 Å². The zero-order chi connectivity index (χ0) is 93.5. The third-order valence-electron chi connectivity index (χ3n) is 25.0. The van der Waals surface area contributed by atoms with Gasteiger partial charge in [0.05, 0.1) is 64.5 Å². The minimum Gasteiger partial charge on any atom is -0.394 e. The van der Waals surface area contributed by atoms with Crippen molar-refractivity contribution in [3.8, 4) is 0 Å². The van der Waals surface area contributed by atoms with Crippen LogP contribution in [-0.2, 0) is 80.7 Å². The Morgan fingerprint density at radius 2 is 0.641 bits per heavy atom. The lowest BCUT2D eigenvalue weighted by molar-refractivity contribution is -0.397. The highest BCUT2D eigenvalue weighted by Crippen LogP contribution is 2.40. The number of hydrogen-bond donors (Lipinski definition) is 23. The summed E-state index contributed by atoms with van der Waals surface area (Å²) < 4.78 is 84.7. The molecule has 0 radical (unpaired) electrons. The Morgan fingerprint density at radius 1 is 0.320 bits per heavy atom. The number of amides is 3. The Hall–Kier alpha value is -3.47. The van der Waals surface area contributed by atoms with Crippen molar-refractivity contribution in [3.63, 3.8) is 0 Å². The summed E-state index contributed by atoms with van der Waals surface area (Å²) in [4.78, 5) is 40.2. The van der Waals surface area contributed by atoms with Crippen LogP contribution in [0.1, 0.15) is 240 Å². The van der Waals surface area contributed by atoms with Gasteiger partial charge in [-0.1, -0.05) is 192 Å². The maximum Gasteiger partial charge on any atom is 0.220 e. The van der Waals surface area contributed by atoms with Crippen LogP contribution in [0.25, 0.3) is 0 Å². The number of hydrogen-bond acceptors (Lipinski definition) is 37. The van der Waals surface area contributed by atoms with Crippen molar-refractivity contribution in [2.75, 3.05) is 46.2 Å². The summed E-state index contributed by atoms with van der Waals surface area (Å²) in [6.07, 6.45) is -23.3. The van der Waals surface area contributed by atoms with Crippen LogP contribution in [0.4, 0.5) is 0 Å². The molecule has 7 aliphatic heterocycles. The molecule has 7 rings (SSSR count). The Labute approximate surface area is 751 Å². The second-order valence-corrected chi connectivity index (χ2v) is 35.2. The molecule has 128 heavy (non-hydrogen) atoms. The summed E-state index contributed by atoms with van der Waals surface area (Å²) in [6.45, 7) is 0.881. The number of carbonyl (C=O) groups is 3. The Bertz CT molecular complexity index is 3070. The number of aliphatic hydroxyl groups excluding tert-OH is 20. The van der Waals surface area contributed by atoms with Crippen molar-refractivity contribution in [2.45, 2.75) is 467 Å². The smallest absolute Gasteiger partial charge is 0.220 e. The van der Waals surface area contributed by atoms with E-state index in [1.54, 1.807) is 6.08 Å². The molecule has 0 aromatic rings. The van der Waals surface area contributed by atoms with E-state index < -0.39 is 285 Å². The molecule has 7 heterocycles. The summed E-state index contributed by atoms with van der Waals surface area (Å²) in [5.41, 5.74) is 0. The average Bonchev–Trinajstić information content (AvgIpc) is 0.846. The molecule has 0 aromatic heterocycles. The number of nitrogens with one attached hydrogen (secondary N) is 3. The zero-order valence-corrected chi connectivity index (χ0v) is 75.1. The first kappa shape index (κ1) is 112. The van der Waals surface area contributed by atoms with Gasteiger partial charge in [-0.2, -0.15) is 0 Å². The van der Waals surface area contributed by atoms with Crippen LogP contribution in [-0.4, -0.2) is 393 Å². The average molecular weight is 1850 g/mol. The molecule has 23 N–H and O–H groups in total. The molecule has 40 heteroatoms. The highest BCUT2D eigenvalue weighted by Gasteiger charge is 2.60. The molecule has 0 bridgehead atoms. The Balaban J connectivity index is 1.04. The molecular weight excluding hydrogens is 1690 g/mol. The standard InChI is InChI=1S/C88H157N3O37/c1-6-8-10-12-14-16-18-20-21-22-23-24-25-26-27-29-31-33-35-37-39-41-60(101)91-52(53(100)40-38-36-34-32-30-28-19-17-15-13-11-9-7-2)48-115-84-73(112)70(109)76(58(46-96)122-84)123-87-74(113)80(66(105)56(44-94)119-87)128-83-62(90-51(5)99)79(126-85-71(110)68(107)63(102)49(3)116-85)77(59(47-97)121-83)124-88-75(114)81(67(106)57(45-95)120-88)127-82-61(89-50(4)98)78(65(104)55(43-93)117-82)125-86-72(111)69(108)64(103)54(42-92)118-86/h20-21,38,40,49,52-59,61-88,92-97,100,102-114H,6-19,22-37,39,41-48H2,1-5H3,(H,89,98)(H,90,99)(H,91,101)/b21-20-,40-38+/t49?,52-,53+,54?,55?,56?,57?,58?,59?,61?,62?,63+,64-,65+,66-,67-,68?,69-,70+,71-,72?,73?,74?,75?,76+,77+,78+,79+,80-,81-,82-,83-,84+,85+,86-,87-,88-/m0/s1. The summed E-state index contributed by atoms with van der Waals surface area (Å²) in [7, 11) is 0. The SMILES string of the molecule is CCCCCCCC/C=C\CCCCCCCCCCCCCC(=O)N[C@@H](CO[C@@H]1OC(CO)[C@@H](O[C@@H]2OC(CO)[C@H](O)[C@H](O[C@@H]3OC(CO)[C@@H](O[C@@H]4OC(CO)[C@H](O)[C@H](O[C@@H]5OC(CO)[C@@H](O)[C@H](O[C@@H]6OC(CO)[C@H](O)[C@H](O)C6O)C5NC(C)=O)C4O)[C@H](O[C@H]4OC(C)[C@@H](O)C(O)[C@@H]4O)C3NC(C)=O)C2O)[C@H](O)C1O)[C@H](O)/C=C/CCCCCCCCCCCCC. The Morgan fingerprint density at radius 3 is 1.09 bits per heavy atom. The number of allylic oxidation sites excluding steroid dienone is 3. The van der Waals surface area contributed by atoms with Gasteiger partial charge in [0.25, 0.3) is 0 Å². The molecule has 37 atom stereocenters. The van der Waals surface area contributed by atoms with E-state index in [-0.39, 0.29) is 12.3 Å². The molecule has 0 saturated carbocycles. The zero-order valence-electron chi connectivity index (χ0n) is 75.1. The fraction of sp³-hybridized carbons (Fsp3) is 0.920. The molecule has 40 nitrogen and oxygen atoms in total. The summed E-state index contributed by atoms with van der Waals surface area (Å²) in [5.74, 6) is -2.19. The maximum absolute atomic E-state index is 13.7. The van der Waals surface area contributed by atoms with Crippen molar-refractivity contribution in [1.82, 2.24) is 16.0 Å². The molecule has 14 unspecified atom stereocenters. The van der Waals surface area contributed by atoms with Gasteiger partial charge in [0.2, 0.25) is 17.7 Å². The van der Waals surface area contributed by atoms with Crippen LogP contribution >= 0.6 is 0 Å². The van der Waals surface area contributed by atoms with Gasteiger partial charge in [0.1, 0.15) is 165 Å². The number of carbonyl (C=O) groups excluding carboxylic acids is 3. The number of aliphatic hydroxyl groups is 20. The minimum absolute atomic E-state index is 0.148. The molecule has 746 valence electrons. The summed E-state index contributed by atoms with van der Waals surface area (Å²) in [5, 5.41) is 233. The van der Waals surface area contributed by atoms with Crippen molar-refractivity contribution in [2.24, 2.45) is 0 Å². The van der Waals surface area contributed by atoms with Gasteiger partial charge in [-0.25, -0.2) is 0 Å². The van der Waals surface area contributed by atoms with Crippen molar-refractivity contribution < 1.29 is 183 Å². The molecular formula is C88H157N3O37. The first-order chi connectivity index (χ1) is 61.5. The van der Waals surface area contributed by atoms with Crippen molar-refractivity contribution in [3.05, 3.63) is 24.3 Å². The molecule has 0 spiro atoms. The van der Waals surface area contributed by atoms with E-state index in [2.05, 4.69) is 41.9 Å². The van der Waals surface area contributed by atoms with E-state index >= 15 is 0 Å². The largest absolute Gasteiger partial charge is 0.394 e. The number of unbranched alkanes of at least 4 members (excludes halogenated alkanes) is 28. The third-order valence-corrected chi connectivity index (χ3v) is 25.0. The minimum atomic E-state index is -2.37. The molecule has 7 saturated heterocycles. The van der Waals surface area contributed by atoms with E-state index in [4.69, 9.17) is 66.3 Å². The normalized spacial score (nSPS) is 37.7. The van der Waals surface area contributed by atoms with Gasteiger partial charge in [-0.3, -0.25) is 14.4 Å². The van der Waals surface area contributed by atoms with Crippen LogP contribution in [0.15, 0.2) is 24.3 Å². The maximum atomic E-state index is 13.7. The van der Waals surface area contributed by atoms with Gasteiger partial charge in [0.15, 0.2) is 44.0 Å². The molecule has 3 amide bonds. The van der Waals surface area contributed by atoms with Gasteiger partial charge in [-0.15, -0.1) is 0 Å². The summed E-state index contributed by atoms with van der Waals surface area (Å²) in [6, 6.07) is -4.89. The number of rotatable bonds is 59. The van der Waals surface area contributed by atoms with E-state index in [0.717, 1.165) is 78.1 Å². The lowest BCUT2D eigenvalue weighted by atomic mass is 9.93. The highest BCUT2D eigenvalue weighted by atomic mass is 16.8. The molecule has 7 aliphatic rings. The van der Waals surface area contributed by atoms with Crippen molar-refractivity contribution >= 4 is 17.7 Å². The van der Waals surface area contributed by atoms with Crippen LogP contribution in [0.3, 0.4) is 0 Å². The first-order valence-electron chi connectivity index (χ1n) is 47.0. The molecule has 0 aromatic carbocycles. The van der Waals surface area contributed by atoms with Crippen LogP contribution in [0.5, 0.6) is 0 Å². The molecule has 0 aliphatic carbocycles. The highest BCUT2D eigenvalue weighted by molar-refractivity contribution is 5.76. The fourth-order valence-electron chi connectivity index (χ4n) is 17.3. The predicted octanol–water partition coefficient (Wildman–Crippen LogP) is -1.46. The lowest BCUT2D eigenvalue weighted by Crippen LogP contribution is -2.72. The lowest BCUT2D eigenvalue weighted by Gasteiger charge is -2.52. The first-order valence-corrected chi connectivity index (χ1v) is 47.0. The molecule has 7 fully saturated rings. The number of ether oxygens (including phenoxy) is 14. The second-order valence-electron chi connectivity index (χ2n) is 35.2. The quantitative estimate of drug-likeness (QED) is 0.0244. The summed E-state index contributed by atoms with van der Waals surface area (Å²) >= 11 is 0. The van der Waals surface area contributed by atoms with E-state index in [0.29, 0.717) is 12.8 Å².